The first kappa shape index (κ1) is 13.0. The van der Waals surface area contributed by atoms with Crippen LogP contribution in [-0.2, 0) is 0 Å². The number of hydrogen-bond acceptors (Lipinski definition) is 0. The topological polar surface area (TPSA) is 0 Å². The van der Waals surface area contributed by atoms with Crippen molar-refractivity contribution >= 4 is 60.7 Å². The molecule has 0 rings (SSSR count). The summed E-state index contributed by atoms with van der Waals surface area (Å²) < 4.78 is 0. The Bertz CT molecular complexity index is 25.2. The van der Waals surface area contributed by atoms with E-state index in [0.717, 1.165) is 0 Å². The third-order valence-electron chi connectivity index (χ3n) is 0.707. The van der Waals surface area contributed by atoms with Gasteiger partial charge in [-0.2, -0.15) is 0 Å². The summed E-state index contributed by atoms with van der Waals surface area (Å²) in [5, 5.41) is 0. The molecule has 0 aliphatic heterocycles. The quantitative estimate of drug-likeness (QED) is 0.431. The first-order chi connectivity index (χ1) is 3.83. The van der Waals surface area contributed by atoms with Gasteiger partial charge in [0.2, 0.25) is 0 Å². The summed E-state index contributed by atoms with van der Waals surface area (Å²) in [7, 11) is 1.40. The number of hydrogen-bond donors (Lipinski definition) is 0. The van der Waals surface area contributed by atoms with Gasteiger partial charge in [0.25, 0.3) is 0 Å². The van der Waals surface area contributed by atoms with E-state index in [1.54, 1.807) is 0 Å². The zero-order valence-corrected chi connectivity index (χ0v) is 13.9. The number of halogens is 3. The van der Waals surface area contributed by atoms with Gasteiger partial charge in [-0.15, -0.1) is 0 Å². The van der Waals surface area contributed by atoms with E-state index in [2.05, 4.69) is 44.2 Å². The molecule has 4 heteroatoms. The van der Waals surface area contributed by atoms with E-state index in [9.17, 15) is 0 Å². The molecule has 0 aromatic carbocycles. The third kappa shape index (κ3) is 23.7. The molecule has 0 aliphatic rings. The molecule has 0 unspecified atom stereocenters. The van der Waals surface area contributed by atoms with Crippen LogP contribution in [0.15, 0.2) is 0 Å². The van der Waals surface area contributed by atoms with Crippen molar-refractivity contribution in [2.45, 2.75) is 25.8 Å². The van der Waals surface area contributed by atoms with Crippen LogP contribution in [-0.4, -0.2) is 10.2 Å². The van der Waals surface area contributed by atoms with E-state index in [1.165, 1.54) is 29.1 Å². The van der Waals surface area contributed by atoms with Crippen LogP contribution in [0.4, 0.5) is 0 Å². The molecule has 0 atom stereocenters. The van der Waals surface area contributed by atoms with Gasteiger partial charge < -0.3 is 0 Å². The second-order valence-electron chi connectivity index (χ2n) is 1.41. The van der Waals surface area contributed by atoms with E-state index in [4.69, 9.17) is 0 Å². The van der Waals surface area contributed by atoms with Crippen LogP contribution in [0.2, 0.25) is 6.04 Å². The van der Waals surface area contributed by atoms with E-state index in [0.29, 0.717) is 13.3 Å². The fourth-order valence-electron chi connectivity index (χ4n) is 0.354. The Kier molecular flexibility index (Phi) is 26.4. The minimum atomic E-state index is 0.410. The predicted molar refractivity (Wildman–Crippen MR) is 73.1 cm³/mol. The first-order valence-corrected chi connectivity index (χ1v) is 17.7. The van der Waals surface area contributed by atoms with E-state index in [1.807, 2.05) is 0 Å². The summed E-state index contributed by atoms with van der Waals surface area (Å²) in [5.41, 5.74) is 0. The second-order valence-corrected chi connectivity index (χ2v) is 20.0. The van der Waals surface area contributed by atoms with Crippen LogP contribution < -0.4 is 0 Å². The molecule has 0 saturated heterocycles. The average Bonchev–Trinajstić information content (AvgIpc) is 1.71. The van der Waals surface area contributed by atoms with Crippen LogP contribution in [0.25, 0.3) is 0 Å². The van der Waals surface area contributed by atoms with Gasteiger partial charge in [0, 0.05) is 10.2 Å². The van der Waals surface area contributed by atoms with Crippen LogP contribution >= 0.6 is 50.5 Å². The Hall–Kier alpha value is 2.41. The second kappa shape index (κ2) is 16.2. The maximum atomic E-state index is 2.41. The van der Waals surface area contributed by atoms with Crippen LogP contribution in [0.1, 0.15) is 19.8 Å². The zero-order chi connectivity index (χ0) is 6.83. The standard InChI is InChI=1S/C4H12Si.HI3/c1-2-3-4-5;1-3-2/h2-4H2,1,5H3;3H. The van der Waals surface area contributed by atoms with Crippen LogP contribution in [0.5, 0.6) is 0 Å². The molecule has 0 spiro atoms. The number of rotatable bonds is 2. The normalized spacial score (nSPS) is 8.38. The van der Waals surface area contributed by atoms with Gasteiger partial charge in [-0.05, 0) is 0 Å². The monoisotopic (exact) mass is 470 g/mol. The summed E-state index contributed by atoms with van der Waals surface area (Å²) >= 11 is 5.22. The molecule has 0 saturated carbocycles. The molecule has 0 aromatic rings. The molecule has 0 aromatic heterocycles. The van der Waals surface area contributed by atoms with Gasteiger partial charge in [0.1, 0.15) is 0 Å². The van der Waals surface area contributed by atoms with Gasteiger partial charge >= 0.3 is 50.5 Å². The van der Waals surface area contributed by atoms with Crippen molar-refractivity contribution in [2.24, 2.45) is 0 Å². The fourth-order valence-corrected chi connectivity index (χ4v) is 1.06. The molecule has 8 heavy (non-hydrogen) atoms. The molecule has 0 amide bonds. The molecule has 0 nitrogen and oxygen atoms in total. The van der Waals surface area contributed by atoms with Crippen molar-refractivity contribution in [1.82, 2.24) is 0 Å². The van der Waals surface area contributed by atoms with Crippen molar-refractivity contribution < 1.29 is 0 Å². The third-order valence-corrected chi connectivity index (χ3v) is 1.41. The van der Waals surface area contributed by atoms with E-state index < -0.39 is 0 Å². The molecule has 0 aliphatic carbocycles. The summed E-state index contributed by atoms with van der Waals surface area (Å²) in [4.78, 5) is 0. The van der Waals surface area contributed by atoms with Crippen molar-refractivity contribution in [3.8, 4) is 0 Å². The predicted octanol–water partition coefficient (Wildman–Crippen LogP) is 2.96. The minimum absolute atomic E-state index is 0.410. The van der Waals surface area contributed by atoms with Crippen molar-refractivity contribution in [2.75, 3.05) is 0 Å². The zero-order valence-electron chi connectivity index (χ0n) is 5.29. The fraction of sp³-hybridized carbons (Fsp3) is 1.00. The molecular formula is C4H13I3Si. The van der Waals surface area contributed by atoms with Crippen molar-refractivity contribution in [3.63, 3.8) is 0 Å². The summed E-state index contributed by atoms with van der Waals surface area (Å²) in [6.07, 6.45) is 2.83. The molecular weight excluding hydrogens is 457 g/mol. The summed E-state index contributed by atoms with van der Waals surface area (Å²) in [5.74, 6) is 0. The SMILES string of the molecule is CCCC[SiH3].I[IH]I. The van der Waals surface area contributed by atoms with E-state index in [-0.39, 0.29) is 0 Å². The molecule has 0 radical (unpaired) electrons. The first-order valence-electron chi connectivity index (χ1n) is 2.72. The van der Waals surface area contributed by atoms with Gasteiger partial charge in [-0.3, -0.25) is 0 Å². The molecule has 0 heterocycles. The van der Waals surface area contributed by atoms with Gasteiger partial charge in [0.05, 0.1) is 0 Å². The molecule has 0 N–H and O–H groups in total. The van der Waals surface area contributed by atoms with Crippen LogP contribution in [0, 0.1) is 0 Å². The average molecular weight is 470 g/mol. The Morgan fingerprint density at radius 1 is 1.50 bits per heavy atom. The van der Waals surface area contributed by atoms with Gasteiger partial charge in [-0.1, -0.05) is 25.8 Å². The Labute approximate surface area is 85.0 Å². The maximum absolute atomic E-state index is 2.41. The summed E-state index contributed by atoms with van der Waals surface area (Å²) in [6, 6.07) is 1.48. The Morgan fingerprint density at radius 2 is 1.88 bits per heavy atom. The van der Waals surface area contributed by atoms with E-state index >= 15 is 0 Å². The Balaban J connectivity index is 0. The van der Waals surface area contributed by atoms with Crippen molar-refractivity contribution in [1.29, 1.82) is 0 Å². The molecule has 54 valence electrons. The number of unbranched alkanes of at least 4 members (excludes halogenated alkanes) is 1. The van der Waals surface area contributed by atoms with Crippen molar-refractivity contribution in [3.05, 3.63) is 0 Å². The van der Waals surface area contributed by atoms with Gasteiger partial charge in [-0.25, -0.2) is 0 Å². The molecule has 0 bridgehead atoms. The van der Waals surface area contributed by atoms with Gasteiger partial charge in [0.15, 0.2) is 0 Å². The van der Waals surface area contributed by atoms with Crippen LogP contribution in [0.3, 0.4) is 0 Å². The Morgan fingerprint density at radius 3 is 1.88 bits per heavy atom. The molecule has 0 fully saturated rings. The summed E-state index contributed by atoms with van der Waals surface area (Å²) in [6.45, 7) is 2.23.